The van der Waals surface area contributed by atoms with E-state index >= 15 is 0 Å². The normalized spacial score (nSPS) is 22.8. The summed E-state index contributed by atoms with van der Waals surface area (Å²) in [4.78, 5) is 4.34. The number of aliphatic hydroxyl groups is 1. The number of hydrogen-bond donors (Lipinski definition) is 1. The molecule has 4 heteroatoms. The lowest BCUT2D eigenvalue weighted by molar-refractivity contribution is 0.212. The number of allylic oxidation sites excluding steroid dienone is 1. The highest BCUT2D eigenvalue weighted by Gasteiger charge is 2.22. The molecule has 0 amide bonds. The fraction of sp³-hybridized carbons (Fsp3) is 0.444. The van der Waals surface area contributed by atoms with Gasteiger partial charge in [0.25, 0.3) is 0 Å². The third-order valence-corrected chi connectivity index (χ3v) is 3.79. The molecule has 2 nitrogen and oxygen atoms in total. The lowest BCUT2D eigenvalue weighted by Crippen LogP contribution is -2.00. The van der Waals surface area contributed by atoms with E-state index in [0.29, 0.717) is 0 Å². The Morgan fingerprint density at radius 2 is 2.46 bits per heavy atom. The lowest BCUT2D eigenvalue weighted by atomic mass is 10.1. The van der Waals surface area contributed by atoms with E-state index < -0.39 is 0 Å². The second-order valence-corrected chi connectivity index (χ2v) is 5.34. The van der Waals surface area contributed by atoms with Crippen LogP contribution in [-0.4, -0.2) is 16.2 Å². The summed E-state index contributed by atoms with van der Waals surface area (Å²) < 4.78 is 0.907. The van der Waals surface area contributed by atoms with Gasteiger partial charge in [0.2, 0.25) is 0 Å². The van der Waals surface area contributed by atoms with Crippen molar-refractivity contribution in [3.63, 3.8) is 0 Å². The molecule has 1 atom stereocenters. The van der Waals surface area contributed by atoms with Crippen molar-refractivity contribution < 1.29 is 5.11 Å². The molecule has 2 rings (SSSR count). The predicted molar refractivity (Wildman–Crippen MR) is 57.6 cm³/mol. The number of thiazole rings is 1. The highest BCUT2D eigenvalue weighted by molar-refractivity contribution is 9.11. The molecular formula is C9H10BrNOS. The Morgan fingerprint density at radius 1 is 1.69 bits per heavy atom. The van der Waals surface area contributed by atoms with Gasteiger partial charge in [-0.25, -0.2) is 4.98 Å². The van der Waals surface area contributed by atoms with E-state index in [1.165, 1.54) is 5.57 Å². The number of rotatable bonds is 1. The first-order chi connectivity index (χ1) is 6.18. The van der Waals surface area contributed by atoms with Crippen LogP contribution in [0.5, 0.6) is 0 Å². The number of halogens is 1. The van der Waals surface area contributed by atoms with Crippen molar-refractivity contribution in [3.05, 3.63) is 20.6 Å². The predicted octanol–water partition coefficient (Wildman–Crippen LogP) is 2.83. The number of nitrogens with zero attached hydrogens (tertiary/aromatic N) is 1. The summed E-state index contributed by atoms with van der Waals surface area (Å²) in [6, 6.07) is 0. The van der Waals surface area contributed by atoms with Crippen LogP contribution in [0.1, 0.15) is 25.5 Å². The lowest BCUT2D eigenvalue weighted by Gasteiger charge is -2.01. The van der Waals surface area contributed by atoms with E-state index in [-0.39, 0.29) is 6.10 Å². The van der Waals surface area contributed by atoms with E-state index in [2.05, 4.69) is 20.9 Å². The van der Waals surface area contributed by atoms with Crippen LogP contribution >= 0.6 is 27.3 Å². The Hall–Kier alpha value is -0.190. The highest BCUT2D eigenvalue weighted by Crippen LogP contribution is 2.34. The summed E-state index contributed by atoms with van der Waals surface area (Å²) >= 11 is 4.92. The second-order valence-electron chi connectivity index (χ2n) is 3.20. The SMILES string of the molecule is CC1=C(c2csc(Br)n2)CCC1O. The monoisotopic (exact) mass is 259 g/mol. The van der Waals surface area contributed by atoms with E-state index in [0.717, 1.165) is 28.0 Å². The quantitative estimate of drug-likeness (QED) is 0.842. The van der Waals surface area contributed by atoms with Gasteiger partial charge < -0.3 is 5.11 Å². The van der Waals surface area contributed by atoms with Gasteiger partial charge in [0.1, 0.15) is 0 Å². The number of aliphatic hydroxyl groups excluding tert-OH is 1. The molecule has 13 heavy (non-hydrogen) atoms. The van der Waals surface area contributed by atoms with Crippen LogP contribution < -0.4 is 0 Å². The van der Waals surface area contributed by atoms with Gasteiger partial charge in [-0.1, -0.05) is 0 Å². The zero-order valence-corrected chi connectivity index (χ0v) is 9.65. The summed E-state index contributed by atoms with van der Waals surface area (Å²) in [7, 11) is 0. The molecule has 0 radical (unpaired) electrons. The Kier molecular flexibility index (Phi) is 2.53. The Balaban J connectivity index is 2.37. The van der Waals surface area contributed by atoms with Crippen LogP contribution in [0, 0.1) is 0 Å². The van der Waals surface area contributed by atoms with Gasteiger partial charge in [-0.2, -0.15) is 0 Å². The molecule has 1 aromatic rings. The summed E-state index contributed by atoms with van der Waals surface area (Å²) in [5.41, 5.74) is 3.32. The van der Waals surface area contributed by atoms with Crippen molar-refractivity contribution in [2.75, 3.05) is 0 Å². The third-order valence-electron chi connectivity index (χ3n) is 2.43. The Morgan fingerprint density at radius 3 is 2.92 bits per heavy atom. The summed E-state index contributed by atoms with van der Waals surface area (Å²) in [5.74, 6) is 0. The number of hydrogen-bond acceptors (Lipinski definition) is 3. The van der Waals surface area contributed by atoms with Gasteiger partial charge in [0.05, 0.1) is 11.8 Å². The van der Waals surface area contributed by atoms with Gasteiger partial charge in [-0.05, 0) is 46.8 Å². The maximum absolute atomic E-state index is 9.54. The Labute approximate surface area is 89.4 Å². The molecule has 70 valence electrons. The van der Waals surface area contributed by atoms with Crippen molar-refractivity contribution in [2.45, 2.75) is 25.9 Å². The van der Waals surface area contributed by atoms with Crippen LogP contribution in [0.4, 0.5) is 0 Å². The van der Waals surface area contributed by atoms with Crippen molar-refractivity contribution in [3.8, 4) is 0 Å². The van der Waals surface area contributed by atoms with Crippen molar-refractivity contribution in [1.29, 1.82) is 0 Å². The standard InChI is InChI=1S/C9H10BrNOS/c1-5-6(2-3-8(5)12)7-4-13-9(10)11-7/h4,8,12H,2-3H2,1H3. The fourth-order valence-corrected chi connectivity index (χ4v) is 2.64. The number of aromatic nitrogens is 1. The Bertz CT molecular complexity index is 358. The van der Waals surface area contributed by atoms with Crippen molar-refractivity contribution in [1.82, 2.24) is 4.98 Å². The average molecular weight is 260 g/mol. The molecule has 0 saturated heterocycles. The van der Waals surface area contributed by atoms with Gasteiger partial charge in [-0.3, -0.25) is 0 Å². The van der Waals surface area contributed by atoms with E-state index in [1.54, 1.807) is 11.3 Å². The van der Waals surface area contributed by atoms with E-state index in [9.17, 15) is 5.11 Å². The average Bonchev–Trinajstić information content (AvgIpc) is 2.62. The molecule has 0 fully saturated rings. The van der Waals surface area contributed by atoms with Crippen LogP contribution in [0.2, 0.25) is 0 Å². The zero-order valence-electron chi connectivity index (χ0n) is 7.25. The van der Waals surface area contributed by atoms with Gasteiger partial charge in [0, 0.05) is 5.38 Å². The van der Waals surface area contributed by atoms with Gasteiger partial charge in [-0.15, -0.1) is 11.3 Å². The van der Waals surface area contributed by atoms with Crippen LogP contribution in [0.3, 0.4) is 0 Å². The third kappa shape index (κ3) is 1.71. The maximum Gasteiger partial charge on any atom is 0.159 e. The topological polar surface area (TPSA) is 33.1 Å². The zero-order chi connectivity index (χ0) is 9.42. The maximum atomic E-state index is 9.54. The molecule has 1 aliphatic rings. The molecule has 1 N–H and O–H groups in total. The fourth-order valence-electron chi connectivity index (χ4n) is 1.62. The largest absolute Gasteiger partial charge is 0.389 e. The smallest absolute Gasteiger partial charge is 0.159 e. The summed E-state index contributed by atoms with van der Waals surface area (Å²) in [6.07, 6.45) is 1.54. The molecular weight excluding hydrogens is 250 g/mol. The molecule has 1 aromatic heterocycles. The summed E-state index contributed by atoms with van der Waals surface area (Å²) in [5, 5.41) is 11.6. The first-order valence-corrected chi connectivity index (χ1v) is 5.85. The van der Waals surface area contributed by atoms with Crippen LogP contribution in [0.25, 0.3) is 5.57 Å². The van der Waals surface area contributed by atoms with Gasteiger partial charge in [0.15, 0.2) is 3.92 Å². The van der Waals surface area contributed by atoms with Crippen molar-refractivity contribution in [2.24, 2.45) is 0 Å². The minimum Gasteiger partial charge on any atom is -0.389 e. The molecule has 1 aliphatic carbocycles. The highest BCUT2D eigenvalue weighted by atomic mass is 79.9. The second kappa shape index (κ2) is 3.52. The minimum atomic E-state index is -0.254. The van der Waals surface area contributed by atoms with Crippen LogP contribution in [0.15, 0.2) is 14.9 Å². The first kappa shape index (κ1) is 9.37. The van der Waals surface area contributed by atoms with E-state index in [1.807, 2.05) is 12.3 Å². The first-order valence-electron chi connectivity index (χ1n) is 4.17. The molecule has 0 aromatic carbocycles. The molecule has 0 saturated carbocycles. The van der Waals surface area contributed by atoms with Crippen molar-refractivity contribution >= 4 is 32.8 Å². The molecule has 1 heterocycles. The minimum absolute atomic E-state index is 0.254. The molecule has 0 spiro atoms. The van der Waals surface area contributed by atoms with E-state index in [4.69, 9.17) is 0 Å². The molecule has 1 unspecified atom stereocenters. The summed E-state index contributed by atoms with van der Waals surface area (Å²) in [6.45, 7) is 1.99. The van der Waals surface area contributed by atoms with Gasteiger partial charge >= 0.3 is 0 Å². The molecule has 0 aliphatic heterocycles. The van der Waals surface area contributed by atoms with Crippen LogP contribution in [-0.2, 0) is 0 Å². The molecule has 0 bridgehead atoms.